The maximum atomic E-state index is 11.9. The maximum Gasteiger partial charge on any atom is 0.0763 e. The maximum absolute atomic E-state index is 11.9. The quantitative estimate of drug-likeness (QED) is 0.668. The molecule has 4 rings (SSSR count). The summed E-state index contributed by atoms with van der Waals surface area (Å²) in [5, 5.41) is 33.4. The predicted octanol–water partition coefficient (Wildman–Crippen LogP) is 3.73. The van der Waals surface area contributed by atoms with Crippen LogP contribution in [0.2, 0.25) is 0 Å². The van der Waals surface area contributed by atoms with E-state index in [-0.39, 0.29) is 17.4 Å². The second-order valence-electron chi connectivity index (χ2n) is 9.81. The molecule has 3 fully saturated rings. The van der Waals surface area contributed by atoms with E-state index in [0.717, 1.165) is 38.5 Å². The summed E-state index contributed by atoms with van der Waals surface area (Å²) in [5.74, 6) is 0.679. The van der Waals surface area contributed by atoms with Gasteiger partial charge in [0.2, 0.25) is 0 Å². The Morgan fingerprint density at radius 3 is 2.60 bits per heavy atom. The molecule has 0 saturated heterocycles. The molecule has 3 heteroatoms. The molecule has 3 saturated carbocycles. The Morgan fingerprint density at radius 1 is 1.12 bits per heavy atom. The van der Waals surface area contributed by atoms with Crippen molar-refractivity contribution in [2.75, 3.05) is 0 Å². The fourth-order valence-electron chi connectivity index (χ4n) is 7.29. The topological polar surface area (TPSA) is 60.7 Å². The highest BCUT2D eigenvalue weighted by molar-refractivity contribution is 5.29. The molecule has 0 unspecified atom stereocenters. The molecule has 4 aliphatic carbocycles. The molecular formula is C22H34O3. The van der Waals surface area contributed by atoms with Crippen molar-refractivity contribution >= 4 is 0 Å². The third-order valence-corrected chi connectivity index (χ3v) is 9.06. The number of rotatable bonds is 2. The van der Waals surface area contributed by atoms with E-state index in [1.54, 1.807) is 0 Å². The van der Waals surface area contributed by atoms with E-state index in [4.69, 9.17) is 0 Å². The van der Waals surface area contributed by atoms with Gasteiger partial charge in [0.05, 0.1) is 17.3 Å². The van der Waals surface area contributed by atoms with Crippen LogP contribution < -0.4 is 0 Å². The molecule has 4 aliphatic rings. The lowest BCUT2D eigenvalue weighted by Gasteiger charge is -2.62. The van der Waals surface area contributed by atoms with Crippen LogP contribution in [0.1, 0.15) is 71.6 Å². The Balaban J connectivity index is 1.73. The van der Waals surface area contributed by atoms with Gasteiger partial charge in [0.1, 0.15) is 0 Å². The summed E-state index contributed by atoms with van der Waals surface area (Å²) in [6.07, 6.45) is 11.4. The van der Waals surface area contributed by atoms with Gasteiger partial charge < -0.3 is 15.3 Å². The zero-order valence-corrected chi connectivity index (χ0v) is 15.8. The minimum atomic E-state index is -0.831. The van der Waals surface area contributed by atoms with Crippen molar-refractivity contribution in [3.63, 3.8) is 0 Å². The highest BCUT2D eigenvalue weighted by Gasteiger charge is 2.70. The largest absolute Gasteiger partial charge is 0.393 e. The highest BCUT2D eigenvalue weighted by atomic mass is 16.3. The Morgan fingerprint density at radius 2 is 1.88 bits per heavy atom. The number of allylic oxidation sites excluding steroid dienone is 1. The standard InChI is InChI=1S/C22H34O3/c1-4-9-21(24)12-13-22(25)18-6-5-15-14-16(23)7-10-19(15,2)17(18)8-11-20(21,22)3/h4-5,16-18,23-25H,1,6-14H2,2-3H3/t16-,17-,18+,19-,20+,21-,22+/m0/s1. The van der Waals surface area contributed by atoms with E-state index in [1.165, 1.54) is 5.57 Å². The molecular weight excluding hydrogens is 312 g/mol. The molecule has 25 heavy (non-hydrogen) atoms. The summed E-state index contributed by atoms with van der Waals surface area (Å²) < 4.78 is 0. The SMILES string of the molecule is C=CC[C@]1(O)CC[C@@]2(O)[C@@H]3CC=C4C[C@@H](O)CC[C@]4(C)[C@H]3CC[C@]12C. The van der Waals surface area contributed by atoms with Crippen LogP contribution in [0, 0.1) is 22.7 Å². The van der Waals surface area contributed by atoms with Gasteiger partial charge in [-0.25, -0.2) is 0 Å². The molecule has 0 amide bonds. The Labute approximate surface area is 151 Å². The molecule has 0 aromatic heterocycles. The van der Waals surface area contributed by atoms with Crippen molar-refractivity contribution in [1.29, 1.82) is 0 Å². The summed E-state index contributed by atoms with van der Waals surface area (Å²) in [6.45, 7) is 8.32. The smallest absolute Gasteiger partial charge is 0.0763 e. The second-order valence-corrected chi connectivity index (χ2v) is 9.81. The van der Waals surface area contributed by atoms with Gasteiger partial charge in [-0.05, 0) is 75.0 Å². The van der Waals surface area contributed by atoms with Crippen LogP contribution in [0.3, 0.4) is 0 Å². The minimum absolute atomic E-state index is 0.109. The zero-order valence-electron chi connectivity index (χ0n) is 15.8. The first-order chi connectivity index (χ1) is 11.7. The van der Waals surface area contributed by atoms with E-state index >= 15 is 0 Å². The van der Waals surface area contributed by atoms with Gasteiger partial charge in [0.25, 0.3) is 0 Å². The van der Waals surface area contributed by atoms with Crippen LogP contribution in [-0.4, -0.2) is 32.6 Å². The summed E-state index contributed by atoms with van der Waals surface area (Å²) in [7, 11) is 0. The van der Waals surface area contributed by atoms with Crippen LogP contribution in [0.5, 0.6) is 0 Å². The van der Waals surface area contributed by atoms with E-state index in [1.807, 2.05) is 6.08 Å². The number of hydrogen-bond donors (Lipinski definition) is 3. The van der Waals surface area contributed by atoms with Crippen LogP contribution in [-0.2, 0) is 0 Å². The lowest BCUT2D eigenvalue weighted by atomic mass is 9.45. The lowest BCUT2D eigenvalue weighted by Crippen LogP contribution is -2.63. The first kappa shape index (κ1) is 17.8. The van der Waals surface area contributed by atoms with Crippen LogP contribution in [0.25, 0.3) is 0 Å². The molecule has 7 atom stereocenters. The first-order valence-electron chi connectivity index (χ1n) is 10.1. The number of aliphatic hydroxyl groups is 3. The van der Waals surface area contributed by atoms with Crippen molar-refractivity contribution in [1.82, 2.24) is 0 Å². The van der Waals surface area contributed by atoms with E-state index in [0.29, 0.717) is 25.2 Å². The minimum Gasteiger partial charge on any atom is -0.393 e. The lowest BCUT2D eigenvalue weighted by molar-refractivity contribution is -0.213. The number of fused-ring (bicyclic) bond motifs is 5. The Hall–Kier alpha value is -0.640. The molecule has 0 radical (unpaired) electrons. The number of hydrogen-bond acceptors (Lipinski definition) is 3. The summed E-state index contributed by atoms with van der Waals surface area (Å²) in [4.78, 5) is 0. The normalized spacial score (nSPS) is 54.9. The fourth-order valence-corrected chi connectivity index (χ4v) is 7.29. The molecule has 0 aliphatic heterocycles. The predicted molar refractivity (Wildman–Crippen MR) is 98.9 cm³/mol. The van der Waals surface area contributed by atoms with E-state index in [9.17, 15) is 15.3 Å². The average Bonchev–Trinajstić information content (AvgIpc) is 2.77. The monoisotopic (exact) mass is 346 g/mol. The van der Waals surface area contributed by atoms with Crippen LogP contribution >= 0.6 is 0 Å². The fraction of sp³-hybridized carbons (Fsp3) is 0.818. The van der Waals surface area contributed by atoms with Crippen molar-refractivity contribution in [3.05, 3.63) is 24.3 Å². The summed E-state index contributed by atoms with van der Waals surface area (Å²) >= 11 is 0. The van der Waals surface area contributed by atoms with Gasteiger partial charge in [-0.15, -0.1) is 6.58 Å². The molecule has 3 N–H and O–H groups in total. The molecule has 0 bridgehead atoms. The third kappa shape index (κ3) is 2.09. The van der Waals surface area contributed by atoms with Gasteiger partial charge in [-0.1, -0.05) is 31.6 Å². The van der Waals surface area contributed by atoms with Crippen molar-refractivity contribution in [3.8, 4) is 0 Å². The summed E-state index contributed by atoms with van der Waals surface area (Å²) in [5.41, 5.74) is -0.556. The summed E-state index contributed by atoms with van der Waals surface area (Å²) in [6, 6.07) is 0. The molecule has 0 heterocycles. The molecule has 3 nitrogen and oxygen atoms in total. The van der Waals surface area contributed by atoms with Crippen molar-refractivity contribution in [2.45, 2.75) is 88.9 Å². The third-order valence-electron chi connectivity index (χ3n) is 9.06. The molecule has 0 aromatic carbocycles. The Kier molecular flexibility index (Phi) is 3.86. The molecule has 0 spiro atoms. The van der Waals surface area contributed by atoms with Gasteiger partial charge in [-0.3, -0.25) is 0 Å². The average molecular weight is 347 g/mol. The molecule has 0 aromatic rings. The highest BCUT2D eigenvalue weighted by Crippen LogP contribution is 2.69. The Bertz CT molecular complexity index is 612. The van der Waals surface area contributed by atoms with Crippen molar-refractivity contribution in [2.24, 2.45) is 22.7 Å². The van der Waals surface area contributed by atoms with Gasteiger partial charge in [0, 0.05) is 5.41 Å². The first-order valence-corrected chi connectivity index (χ1v) is 10.1. The zero-order chi connectivity index (χ0) is 18.1. The number of aliphatic hydroxyl groups excluding tert-OH is 1. The van der Waals surface area contributed by atoms with Crippen molar-refractivity contribution < 1.29 is 15.3 Å². The molecule has 140 valence electrons. The van der Waals surface area contributed by atoms with Gasteiger partial charge >= 0.3 is 0 Å². The van der Waals surface area contributed by atoms with Crippen LogP contribution in [0.4, 0.5) is 0 Å². The second kappa shape index (κ2) is 5.43. The van der Waals surface area contributed by atoms with E-state index < -0.39 is 16.6 Å². The van der Waals surface area contributed by atoms with Crippen LogP contribution in [0.15, 0.2) is 24.3 Å². The van der Waals surface area contributed by atoms with Gasteiger partial charge in [-0.2, -0.15) is 0 Å². The van der Waals surface area contributed by atoms with E-state index in [2.05, 4.69) is 26.5 Å². The van der Waals surface area contributed by atoms with Gasteiger partial charge in [0.15, 0.2) is 0 Å².